The summed E-state index contributed by atoms with van der Waals surface area (Å²) in [5.41, 5.74) is 0.834. The number of hydrogen-bond donors (Lipinski definition) is 0. The van der Waals surface area contributed by atoms with Crippen molar-refractivity contribution in [2.45, 2.75) is 18.2 Å². The molecule has 0 N–H and O–H groups in total. The SMILES string of the molecule is N#CCc1c(Br)ncc(C(F)F)c1CBr. The quantitative estimate of drug-likeness (QED) is 0.621. The van der Waals surface area contributed by atoms with Gasteiger partial charge in [-0.15, -0.1) is 0 Å². The van der Waals surface area contributed by atoms with Crippen molar-refractivity contribution in [2.24, 2.45) is 0 Å². The Balaban J connectivity index is 3.34. The van der Waals surface area contributed by atoms with E-state index in [2.05, 4.69) is 36.8 Å². The lowest BCUT2D eigenvalue weighted by Gasteiger charge is -2.11. The Morgan fingerprint density at radius 3 is 2.60 bits per heavy atom. The summed E-state index contributed by atoms with van der Waals surface area (Å²) < 4.78 is 25.7. The minimum absolute atomic E-state index is 0.0646. The maximum absolute atomic E-state index is 12.6. The lowest BCUT2D eigenvalue weighted by molar-refractivity contribution is 0.150. The molecule has 1 aromatic rings. The monoisotopic (exact) mass is 338 g/mol. The zero-order valence-electron chi connectivity index (χ0n) is 7.48. The predicted octanol–water partition coefficient (Wildman–Crippen LogP) is 3.74. The molecule has 0 aromatic carbocycles. The number of pyridine rings is 1. The third-order valence-corrected chi connectivity index (χ3v) is 3.15. The molecule has 0 saturated carbocycles. The first-order chi connectivity index (χ1) is 7.11. The van der Waals surface area contributed by atoms with Crippen LogP contribution in [0.25, 0.3) is 0 Å². The van der Waals surface area contributed by atoms with Gasteiger partial charge in [-0.2, -0.15) is 5.26 Å². The van der Waals surface area contributed by atoms with Crippen molar-refractivity contribution in [3.63, 3.8) is 0 Å². The predicted molar refractivity (Wildman–Crippen MR) is 58.8 cm³/mol. The lowest BCUT2D eigenvalue weighted by atomic mass is 10.0. The molecule has 1 heterocycles. The van der Waals surface area contributed by atoms with Crippen LogP contribution in [0.3, 0.4) is 0 Å². The second-order valence-corrected chi connectivity index (χ2v) is 4.04. The molecule has 0 spiro atoms. The van der Waals surface area contributed by atoms with Crippen LogP contribution >= 0.6 is 31.9 Å². The Labute approximate surface area is 103 Å². The average Bonchev–Trinajstić information content (AvgIpc) is 2.20. The highest BCUT2D eigenvalue weighted by Crippen LogP contribution is 2.30. The summed E-state index contributed by atoms with van der Waals surface area (Å²) in [5, 5.41) is 8.87. The summed E-state index contributed by atoms with van der Waals surface area (Å²) in [6.07, 6.45) is -1.38. The molecule has 0 amide bonds. The van der Waals surface area contributed by atoms with Crippen molar-refractivity contribution in [3.8, 4) is 6.07 Å². The number of aromatic nitrogens is 1. The van der Waals surface area contributed by atoms with Gasteiger partial charge in [0.2, 0.25) is 0 Å². The van der Waals surface area contributed by atoms with E-state index in [1.165, 1.54) is 0 Å². The van der Waals surface area contributed by atoms with Gasteiger partial charge < -0.3 is 0 Å². The van der Waals surface area contributed by atoms with E-state index in [0.717, 1.165) is 6.20 Å². The van der Waals surface area contributed by atoms with E-state index in [9.17, 15) is 8.78 Å². The average molecular weight is 340 g/mol. The molecule has 0 radical (unpaired) electrons. The first kappa shape index (κ1) is 12.5. The van der Waals surface area contributed by atoms with Gasteiger partial charge in [0.05, 0.1) is 12.5 Å². The van der Waals surface area contributed by atoms with Crippen LogP contribution in [0.15, 0.2) is 10.8 Å². The van der Waals surface area contributed by atoms with Crippen molar-refractivity contribution in [1.82, 2.24) is 4.98 Å². The van der Waals surface area contributed by atoms with E-state index in [0.29, 0.717) is 15.7 Å². The van der Waals surface area contributed by atoms with Gasteiger partial charge in [0.25, 0.3) is 6.43 Å². The first-order valence-electron chi connectivity index (χ1n) is 3.99. The summed E-state index contributed by atoms with van der Waals surface area (Å²) in [6.45, 7) is 0. The molecule has 1 rings (SSSR count). The van der Waals surface area contributed by atoms with Crippen LogP contribution in [-0.4, -0.2) is 4.98 Å². The first-order valence-corrected chi connectivity index (χ1v) is 5.90. The van der Waals surface area contributed by atoms with Crippen molar-refractivity contribution in [2.75, 3.05) is 0 Å². The fourth-order valence-electron chi connectivity index (χ4n) is 1.19. The molecule has 0 saturated heterocycles. The molecule has 80 valence electrons. The summed E-state index contributed by atoms with van der Waals surface area (Å²) in [7, 11) is 0. The number of alkyl halides is 3. The molecular weight excluding hydrogens is 334 g/mol. The second kappa shape index (κ2) is 5.52. The summed E-state index contributed by atoms with van der Waals surface area (Å²) in [4.78, 5) is 3.79. The van der Waals surface area contributed by atoms with Gasteiger partial charge in [0.15, 0.2) is 0 Å². The van der Waals surface area contributed by atoms with E-state index in [1.807, 2.05) is 6.07 Å². The minimum Gasteiger partial charge on any atom is -0.249 e. The molecule has 6 heteroatoms. The van der Waals surface area contributed by atoms with Crippen LogP contribution < -0.4 is 0 Å². The van der Waals surface area contributed by atoms with Gasteiger partial charge in [0.1, 0.15) is 4.60 Å². The maximum atomic E-state index is 12.6. The van der Waals surface area contributed by atoms with E-state index in [-0.39, 0.29) is 17.3 Å². The molecule has 0 bridgehead atoms. The number of rotatable bonds is 3. The molecule has 0 aliphatic heterocycles. The highest BCUT2D eigenvalue weighted by molar-refractivity contribution is 9.10. The van der Waals surface area contributed by atoms with Crippen LogP contribution in [0, 0.1) is 11.3 Å². The zero-order chi connectivity index (χ0) is 11.4. The smallest absolute Gasteiger partial charge is 0.249 e. The van der Waals surface area contributed by atoms with Crippen molar-refractivity contribution >= 4 is 31.9 Å². The highest BCUT2D eigenvalue weighted by Gasteiger charge is 2.18. The number of halogens is 4. The van der Waals surface area contributed by atoms with Gasteiger partial charge in [-0.05, 0) is 21.5 Å². The third-order valence-electron chi connectivity index (χ3n) is 1.90. The van der Waals surface area contributed by atoms with Gasteiger partial charge >= 0.3 is 0 Å². The van der Waals surface area contributed by atoms with Crippen molar-refractivity contribution in [3.05, 3.63) is 27.5 Å². The van der Waals surface area contributed by atoms with Gasteiger partial charge in [-0.1, -0.05) is 15.9 Å². The summed E-state index contributed by atoms with van der Waals surface area (Å²) in [6, 6.07) is 1.93. The summed E-state index contributed by atoms with van der Waals surface area (Å²) >= 11 is 6.28. The largest absolute Gasteiger partial charge is 0.265 e. The van der Waals surface area contributed by atoms with E-state index in [4.69, 9.17) is 5.26 Å². The summed E-state index contributed by atoms with van der Waals surface area (Å²) in [5.74, 6) is 0. The molecule has 2 nitrogen and oxygen atoms in total. The number of nitriles is 1. The van der Waals surface area contributed by atoms with Crippen molar-refractivity contribution < 1.29 is 8.78 Å². The number of hydrogen-bond acceptors (Lipinski definition) is 2. The topological polar surface area (TPSA) is 36.7 Å². The van der Waals surface area contributed by atoms with Crippen LogP contribution in [0.2, 0.25) is 0 Å². The van der Waals surface area contributed by atoms with Crippen LogP contribution in [-0.2, 0) is 11.8 Å². The molecule has 0 aliphatic carbocycles. The Morgan fingerprint density at radius 1 is 1.47 bits per heavy atom. The molecule has 0 fully saturated rings. The Hall–Kier alpha value is -0.540. The van der Waals surface area contributed by atoms with Gasteiger partial charge in [-0.25, -0.2) is 13.8 Å². The fraction of sp³-hybridized carbons (Fsp3) is 0.333. The number of nitrogens with zero attached hydrogens (tertiary/aromatic N) is 2. The molecular formula is C9H6Br2F2N2. The highest BCUT2D eigenvalue weighted by atomic mass is 79.9. The van der Waals surface area contributed by atoms with Crippen LogP contribution in [0.4, 0.5) is 8.78 Å². The van der Waals surface area contributed by atoms with E-state index < -0.39 is 6.43 Å². The molecule has 1 aromatic heterocycles. The second-order valence-electron chi connectivity index (χ2n) is 2.73. The Bertz CT molecular complexity index is 402. The standard InChI is InChI=1S/C9H6Br2F2N2/c10-3-6-5(1-2-14)8(11)15-4-7(6)9(12)13/h4,9H,1,3H2. The van der Waals surface area contributed by atoms with Crippen LogP contribution in [0.1, 0.15) is 23.1 Å². The van der Waals surface area contributed by atoms with Gasteiger partial charge in [0, 0.05) is 22.7 Å². The zero-order valence-corrected chi connectivity index (χ0v) is 10.6. The lowest BCUT2D eigenvalue weighted by Crippen LogP contribution is -2.01. The normalized spacial score (nSPS) is 10.4. The van der Waals surface area contributed by atoms with Gasteiger partial charge in [-0.3, -0.25) is 0 Å². The minimum atomic E-state index is -2.57. The maximum Gasteiger partial charge on any atom is 0.265 e. The molecule has 0 atom stereocenters. The van der Waals surface area contributed by atoms with E-state index >= 15 is 0 Å². The van der Waals surface area contributed by atoms with Crippen LogP contribution in [0.5, 0.6) is 0 Å². The molecule has 0 unspecified atom stereocenters. The molecule has 0 aliphatic rings. The Kier molecular flexibility index (Phi) is 4.61. The molecule has 15 heavy (non-hydrogen) atoms. The van der Waals surface area contributed by atoms with Crippen molar-refractivity contribution in [1.29, 1.82) is 5.26 Å². The Morgan fingerprint density at radius 2 is 2.13 bits per heavy atom. The van der Waals surface area contributed by atoms with E-state index in [1.54, 1.807) is 0 Å². The third kappa shape index (κ3) is 2.73. The fourth-order valence-corrected chi connectivity index (χ4v) is 2.33.